The zero-order valence-corrected chi connectivity index (χ0v) is 23.6. The van der Waals surface area contributed by atoms with Crippen LogP contribution in [0.5, 0.6) is 0 Å². The van der Waals surface area contributed by atoms with Crippen molar-refractivity contribution >= 4 is 11.8 Å². The first kappa shape index (κ1) is 26.9. The average Bonchev–Trinajstić information content (AvgIpc) is 3.14. The Morgan fingerprint density at radius 2 is 1.66 bits per heavy atom. The van der Waals surface area contributed by atoms with E-state index >= 15 is 0 Å². The molecule has 0 heterocycles. The lowest BCUT2D eigenvalue weighted by Gasteiger charge is -2.69. The maximum absolute atomic E-state index is 13.1. The molecule has 8 atom stereocenters. The number of esters is 1. The molecule has 0 aromatic rings. The molecule has 4 rings (SSSR count). The molecule has 0 amide bonds. The molecule has 4 aliphatic carbocycles. The Morgan fingerprint density at radius 3 is 2.29 bits per heavy atom. The minimum atomic E-state index is -1.42. The van der Waals surface area contributed by atoms with Crippen molar-refractivity contribution < 1.29 is 19.4 Å². The highest BCUT2D eigenvalue weighted by atomic mass is 16.5. The number of hydrogen-bond donors (Lipinski definition) is 1. The second-order valence-electron chi connectivity index (χ2n) is 14.2. The number of methoxy groups -OCH3 is 1. The van der Waals surface area contributed by atoms with E-state index in [4.69, 9.17) is 4.74 Å². The summed E-state index contributed by atoms with van der Waals surface area (Å²) >= 11 is 0. The van der Waals surface area contributed by atoms with Crippen LogP contribution in [0, 0.1) is 45.3 Å². The van der Waals surface area contributed by atoms with Crippen molar-refractivity contribution in [2.75, 3.05) is 7.11 Å². The first-order valence-corrected chi connectivity index (χ1v) is 14.2. The third-order valence-corrected chi connectivity index (χ3v) is 12.4. The molecule has 0 bridgehead atoms. The molecule has 8 unspecified atom stereocenters. The molecule has 4 nitrogen and oxygen atoms in total. The van der Waals surface area contributed by atoms with Crippen molar-refractivity contribution in [3.8, 4) is 0 Å². The van der Waals surface area contributed by atoms with Gasteiger partial charge in [-0.3, -0.25) is 4.79 Å². The fourth-order valence-electron chi connectivity index (χ4n) is 10.3. The summed E-state index contributed by atoms with van der Waals surface area (Å²) in [7, 11) is 1.41. The highest BCUT2D eigenvalue weighted by Gasteiger charge is 2.70. The zero-order chi connectivity index (χ0) is 26.0. The Balaban J connectivity index is 1.67. The van der Waals surface area contributed by atoms with Gasteiger partial charge in [-0.05, 0) is 106 Å². The predicted molar refractivity (Wildman–Crippen MR) is 140 cm³/mol. The van der Waals surface area contributed by atoms with Gasteiger partial charge < -0.3 is 9.84 Å². The van der Waals surface area contributed by atoms with Gasteiger partial charge in [-0.15, -0.1) is 0 Å². The monoisotopic (exact) mass is 486 g/mol. The van der Waals surface area contributed by atoms with Gasteiger partial charge in [-0.25, -0.2) is 4.79 Å². The van der Waals surface area contributed by atoms with E-state index in [0.717, 1.165) is 44.9 Å². The number of ether oxygens (including phenoxy) is 1. The van der Waals surface area contributed by atoms with E-state index in [1.165, 1.54) is 12.7 Å². The van der Waals surface area contributed by atoms with Crippen molar-refractivity contribution in [2.45, 2.75) is 118 Å². The van der Waals surface area contributed by atoms with E-state index < -0.39 is 11.6 Å². The lowest BCUT2D eigenvalue weighted by Crippen LogP contribution is -2.64. The Labute approximate surface area is 213 Å². The predicted octanol–water partition coefficient (Wildman–Crippen LogP) is 6.89. The van der Waals surface area contributed by atoms with Gasteiger partial charge in [0.15, 0.2) is 5.60 Å². The van der Waals surface area contributed by atoms with Crippen LogP contribution in [0.2, 0.25) is 0 Å². The number of ketones is 1. The number of hydrogen-bond acceptors (Lipinski definition) is 4. The molecule has 0 aliphatic heterocycles. The number of Topliss-reactive ketones (excluding diaryl/α,β-unsaturated/α-hetero) is 1. The summed E-state index contributed by atoms with van der Waals surface area (Å²) in [5.41, 5.74) is -0.0338. The van der Waals surface area contributed by atoms with Crippen LogP contribution >= 0.6 is 0 Å². The molecule has 0 spiro atoms. The maximum Gasteiger partial charge on any atom is 0.338 e. The van der Waals surface area contributed by atoms with Crippen LogP contribution in [0.3, 0.4) is 0 Å². The molecule has 1 N–H and O–H groups in total. The summed E-state index contributed by atoms with van der Waals surface area (Å²) in [6.07, 6.45) is 11.3. The van der Waals surface area contributed by atoms with Crippen LogP contribution in [-0.2, 0) is 14.3 Å². The quantitative estimate of drug-likeness (QED) is 0.339. The fraction of sp³-hybridized carbons (Fsp3) is 0.871. The number of allylic oxidation sites excluding steroid dienone is 2. The minimum absolute atomic E-state index is 0.0572. The summed E-state index contributed by atoms with van der Waals surface area (Å²) in [6, 6.07) is 0. The maximum atomic E-state index is 13.1. The normalized spacial score (nSPS) is 43.9. The van der Waals surface area contributed by atoms with Gasteiger partial charge in [-0.1, -0.05) is 46.3 Å². The largest absolute Gasteiger partial charge is 0.467 e. The molecule has 4 saturated carbocycles. The Hall–Kier alpha value is -1.16. The summed E-state index contributed by atoms with van der Waals surface area (Å²) in [5.74, 6) is 1.28. The number of aliphatic hydroxyl groups is 1. The van der Waals surface area contributed by atoms with Gasteiger partial charge in [0.2, 0.25) is 0 Å². The van der Waals surface area contributed by atoms with Crippen LogP contribution in [-0.4, -0.2) is 29.6 Å². The Kier molecular flexibility index (Phi) is 6.69. The zero-order valence-electron chi connectivity index (χ0n) is 23.6. The van der Waals surface area contributed by atoms with E-state index in [9.17, 15) is 14.7 Å². The van der Waals surface area contributed by atoms with E-state index in [1.54, 1.807) is 0 Å². The number of rotatable bonds is 5. The van der Waals surface area contributed by atoms with Crippen molar-refractivity contribution in [3.05, 3.63) is 11.6 Å². The molecule has 35 heavy (non-hydrogen) atoms. The van der Waals surface area contributed by atoms with Crippen LogP contribution in [0.4, 0.5) is 0 Å². The Bertz CT molecular complexity index is 900. The molecular weight excluding hydrogens is 436 g/mol. The lowest BCUT2D eigenvalue weighted by atomic mass is 9.35. The minimum Gasteiger partial charge on any atom is -0.467 e. The smallest absolute Gasteiger partial charge is 0.338 e. The number of carbonyl (C=O) groups is 2. The molecular formula is C31H50O4. The van der Waals surface area contributed by atoms with Crippen LogP contribution in [0.25, 0.3) is 0 Å². The standard InChI is InChI=1S/C31H50O4/c1-20(2)10-9-16-31(34,26(33)35-8)22-13-18-29(6)21(22)11-12-24-28(5)17-15-25(32)27(3,4)23(28)14-19-30(24,29)7/h10,21-24,34H,9,11-19H2,1-8H3. The molecule has 0 aromatic carbocycles. The highest BCUT2D eigenvalue weighted by Crippen LogP contribution is 2.75. The summed E-state index contributed by atoms with van der Waals surface area (Å²) in [4.78, 5) is 26.0. The highest BCUT2D eigenvalue weighted by molar-refractivity contribution is 5.85. The second kappa shape index (κ2) is 8.71. The van der Waals surface area contributed by atoms with Gasteiger partial charge in [0.05, 0.1) is 7.11 Å². The van der Waals surface area contributed by atoms with Crippen LogP contribution in [0.1, 0.15) is 113 Å². The third-order valence-electron chi connectivity index (χ3n) is 12.4. The van der Waals surface area contributed by atoms with Crippen molar-refractivity contribution in [2.24, 2.45) is 45.3 Å². The molecule has 4 aliphatic rings. The molecule has 198 valence electrons. The number of fused-ring (bicyclic) bond motifs is 5. The second-order valence-corrected chi connectivity index (χ2v) is 14.2. The van der Waals surface area contributed by atoms with Gasteiger partial charge in [0, 0.05) is 17.8 Å². The third kappa shape index (κ3) is 3.70. The van der Waals surface area contributed by atoms with Crippen molar-refractivity contribution in [1.29, 1.82) is 0 Å². The lowest BCUT2D eigenvalue weighted by molar-refractivity contribution is -0.210. The van der Waals surface area contributed by atoms with E-state index in [0.29, 0.717) is 42.8 Å². The summed E-state index contributed by atoms with van der Waals surface area (Å²) in [5, 5.41) is 11.9. The first-order valence-electron chi connectivity index (χ1n) is 14.2. The van der Waals surface area contributed by atoms with Gasteiger partial charge >= 0.3 is 5.97 Å². The molecule has 4 fully saturated rings. The van der Waals surface area contributed by atoms with E-state index in [2.05, 4.69) is 54.5 Å². The fourth-order valence-corrected chi connectivity index (χ4v) is 10.3. The van der Waals surface area contributed by atoms with Gasteiger partial charge in [-0.2, -0.15) is 0 Å². The number of carbonyl (C=O) groups excluding carboxylic acids is 2. The van der Waals surface area contributed by atoms with Crippen LogP contribution in [0.15, 0.2) is 11.6 Å². The average molecular weight is 487 g/mol. The first-order chi connectivity index (χ1) is 16.2. The topological polar surface area (TPSA) is 63.6 Å². The SMILES string of the molecule is COC(=O)C(O)(CCC=C(C)C)C1CCC2(C)C1CCC1C3(C)CCC(=O)C(C)(C)C3CCC12C. The van der Waals surface area contributed by atoms with E-state index in [1.807, 2.05) is 0 Å². The van der Waals surface area contributed by atoms with E-state index in [-0.39, 0.29) is 27.6 Å². The van der Waals surface area contributed by atoms with Crippen molar-refractivity contribution in [1.82, 2.24) is 0 Å². The summed E-state index contributed by atoms with van der Waals surface area (Å²) < 4.78 is 5.21. The molecule has 0 aromatic heterocycles. The van der Waals surface area contributed by atoms with Gasteiger partial charge in [0.1, 0.15) is 5.78 Å². The molecule has 0 radical (unpaired) electrons. The Morgan fingerprint density at radius 1 is 1.00 bits per heavy atom. The summed E-state index contributed by atoms with van der Waals surface area (Å²) in [6.45, 7) is 16.0. The molecule has 4 heteroatoms. The van der Waals surface area contributed by atoms with Crippen LogP contribution < -0.4 is 0 Å². The van der Waals surface area contributed by atoms with Gasteiger partial charge in [0.25, 0.3) is 0 Å². The van der Waals surface area contributed by atoms with Crippen molar-refractivity contribution in [3.63, 3.8) is 0 Å². The molecule has 0 saturated heterocycles.